The summed E-state index contributed by atoms with van der Waals surface area (Å²) < 4.78 is 3.39. The van der Waals surface area contributed by atoms with Crippen molar-refractivity contribution in [2.24, 2.45) is 5.73 Å². The summed E-state index contributed by atoms with van der Waals surface area (Å²) in [5.41, 5.74) is 8.95. The van der Waals surface area contributed by atoms with Gasteiger partial charge in [0.15, 0.2) is 11.5 Å². The number of piperidine rings is 1. The number of aliphatic hydroxyl groups excluding tert-OH is 1. The molecule has 0 aliphatic carbocycles. The van der Waals surface area contributed by atoms with Gasteiger partial charge in [0.2, 0.25) is 5.91 Å². The average molecular weight is 477 g/mol. The Labute approximate surface area is 201 Å². The number of carbonyl (C=O) groups excluding carboxylic acids is 1. The van der Waals surface area contributed by atoms with E-state index in [1.54, 1.807) is 28.0 Å². The van der Waals surface area contributed by atoms with Crippen molar-refractivity contribution in [2.45, 2.75) is 44.9 Å². The Balaban J connectivity index is 1.50. The number of aliphatic hydroxyl groups is 1. The highest BCUT2D eigenvalue weighted by Gasteiger charge is 2.26. The van der Waals surface area contributed by atoms with Crippen molar-refractivity contribution >= 4 is 22.6 Å². The van der Waals surface area contributed by atoms with Crippen LogP contribution in [0.15, 0.2) is 36.9 Å². The lowest BCUT2D eigenvalue weighted by Crippen LogP contribution is -2.41. The maximum atomic E-state index is 11.2. The minimum Gasteiger partial charge on any atom is -0.390 e. The highest BCUT2D eigenvalue weighted by Crippen LogP contribution is 2.30. The van der Waals surface area contributed by atoms with Crippen molar-refractivity contribution in [3.05, 3.63) is 42.5 Å². The van der Waals surface area contributed by atoms with Gasteiger partial charge in [0.25, 0.3) is 0 Å². The van der Waals surface area contributed by atoms with E-state index in [0.717, 1.165) is 35.2 Å². The number of nitrogens with two attached hydrogens (primary N) is 1. The molecule has 1 fully saturated rings. The van der Waals surface area contributed by atoms with Gasteiger partial charge in [0.1, 0.15) is 5.69 Å². The minimum absolute atomic E-state index is 0.118. The number of primary amides is 1. The Morgan fingerprint density at radius 1 is 1.29 bits per heavy atom. The van der Waals surface area contributed by atoms with Crippen LogP contribution in [0, 0.1) is 0 Å². The highest BCUT2D eigenvalue weighted by atomic mass is 16.3. The van der Waals surface area contributed by atoms with Crippen LogP contribution in [0.1, 0.15) is 31.9 Å². The van der Waals surface area contributed by atoms with E-state index in [1.807, 2.05) is 18.3 Å². The molecule has 1 aliphatic heterocycles. The molecule has 0 bridgehead atoms. The molecule has 1 saturated heterocycles. The molecule has 182 valence electrons. The zero-order valence-corrected chi connectivity index (χ0v) is 19.6. The second-order valence-corrected chi connectivity index (χ2v) is 9.05. The topological polar surface area (TPSA) is 162 Å². The fourth-order valence-corrected chi connectivity index (χ4v) is 4.33. The number of aromatic nitrogens is 7. The highest BCUT2D eigenvalue weighted by molar-refractivity contribution is 5.81. The number of hydrogen-bond donors (Lipinski definition) is 4. The van der Waals surface area contributed by atoms with Gasteiger partial charge in [-0.25, -0.2) is 14.6 Å². The second-order valence-electron chi connectivity index (χ2n) is 9.05. The van der Waals surface area contributed by atoms with Crippen LogP contribution in [0.5, 0.6) is 0 Å². The zero-order chi connectivity index (χ0) is 24.5. The summed E-state index contributed by atoms with van der Waals surface area (Å²) >= 11 is 0. The first-order chi connectivity index (χ1) is 16.9. The van der Waals surface area contributed by atoms with E-state index in [0.29, 0.717) is 23.7 Å². The van der Waals surface area contributed by atoms with Crippen molar-refractivity contribution in [1.29, 1.82) is 0 Å². The van der Waals surface area contributed by atoms with E-state index in [1.165, 1.54) is 0 Å². The molecule has 1 amide bonds. The maximum absolute atomic E-state index is 11.2. The number of fused-ring (bicyclic) bond motifs is 1. The predicted octanol–water partition coefficient (Wildman–Crippen LogP) is 0.817. The molecule has 0 spiro atoms. The molecule has 35 heavy (non-hydrogen) atoms. The molecule has 4 aromatic heterocycles. The molecule has 0 aromatic carbocycles. The van der Waals surface area contributed by atoms with Gasteiger partial charge < -0.3 is 21.5 Å². The van der Waals surface area contributed by atoms with Gasteiger partial charge in [-0.1, -0.05) is 5.21 Å². The molecule has 5 rings (SSSR count). The predicted molar refractivity (Wildman–Crippen MR) is 130 cm³/mol. The van der Waals surface area contributed by atoms with Gasteiger partial charge in [-0.15, -0.1) is 5.10 Å². The fraction of sp³-hybridized carbons (Fsp3) is 0.391. The largest absolute Gasteiger partial charge is 0.390 e. The molecule has 2 atom stereocenters. The van der Waals surface area contributed by atoms with Crippen LogP contribution in [0.4, 0.5) is 5.69 Å². The molecule has 0 radical (unpaired) electrons. The number of nitrogens with one attached hydrogen (secondary N) is 2. The van der Waals surface area contributed by atoms with Crippen LogP contribution in [0.25, 0.3) is 28.1 Å². The van der Waals surface area contributed by atoms with Crippen molar-refractivity contribution in [3.8, 4) is 17.1 Å². The SMILES string of the molecule is CC(C)Nc1cc(-n2ncc3cc(CC(N)=O)cnc32)ncc1-c1cn([C@@H]2CCNC[C@@H]2O)nn1. The van der Waals surface area contributed by atoms with Crippen LogP contribution in [0.2, 0.25) is 0 Å². The van der Waals surface area contributed by atoms with E-state index in [9.17, 15) is 9.90 Å². The van der Waals surface area contributed by atoms with E-state index < -0.39 is 12.0 Å². The lowest BCUT2D eigenvalue weighted by molar-refractivity contribution is -0.117. The number of carbonyl (C=O) groups is 1. The van der Waals surface area contributed by atoms with Crippen molar-refractivity contribution in [3.63, 3.8) is 0 Å². The first-order valence-corrected chi connectivity index (χ1v) is 11.6. The maximum Gasteiger partial charge on any atom is 0.221 e. The summed E-state index contributed by atoms with van der Waals surface area (Å²) in [5, 5.41) is 30.9. The Morgan fingerprint density at radius 2 is 2.14 bits per heavy atom. The van der Waals surface area contributed by atoms with Crippen molar-refractivity contribution in [2.75, 3.05) is 18.4 Å². The van der Waals surface area contributed by atoms with Gasteiger partial charge in [0.05, 0.1) is 31.0 Å². The minimum atomic E-state index is -0.517. The summed E-state index contributed by atoms with van der Waals surface area (Å²) in [6.07, 6.45) is 7.29. The van der Waals surface area contributed by atoms with Crippen LogP contribution < -0.4 is 16.4 Å². The summed E-state index contributed by atoms with van der Waals surface area (Å²) in [5.74, 6) is 0.176. The lowest BCUT2D eigenvalue weighted by atomic mass is 10.0. The zero-order valence-electron chi connectivity index (χ0n) is 19.6. The summed E-state index contributed by atoms with van der Waals surface area (Å²) in [4.78, 5) is 20.4. The molecule has 5 heterocycles. The van der Waals surface area contributed by atoms with E-state index in [4.69, 9.17) is 5.73 Å². The molecule has 5 N–H and O–H groups in total. The standard InChI is InChI=1S/C23H28N10O2/c1-13(2)29-17-7-22(33-23-15(9-28-33)5-14(8-27-23)6-21(24)35)26-10-16(17)18-12-32(31-30-18)19-3-4-25-11-20(19)34/h5,7-10,12-13,19-20,25,34H,3-4,6,11H2,1-2H3,(H2,24,35)(H,26,29)/t19-,20+/m1/s1. The van der Waals surface area contributed by atoms with Crippen molar-refractivity contribution in [1.82, 2.24) is 40.1 Å². The Hall–Kier alpha value is -3.90. The third kappa shape index (κ3) is 4.70. The molecule has 0 unspecified atom stereocenters. The van der Waals surface area contributed by atoms with Gasteiger partial charge in [-0.2, -0.15) is 9.78 Å². The summed E-state index contributed by atoms with van der Waals surface area (Å²) in [6, 6.07) is 3.80. The smallest absolute Gasteiger partial charge is 0.221 e. The van der Waals surface area contributed by atoms with Crippen LogP contribution in [0.3, 0.4) is 0 Å². The number of amides is 1. The fourth-order valence-electron chi connectivity index (χ4n) is 4.33. The molecule has 12 heteroatoms. The number of nitrogens with zero attached hydrogens (tertiary/aromatic N) is 7. The normalized spacial score (nSPS) is 18.3. The van der Waals surface area contributed by atoms with Gasteiger partial charge in [-0.05, 0) is 38.4 Å². The van der Waals surface area contributed by atoms with Crippen LogP contribution in [-0.2, 0) is 11.2 Å². The molecular formula is C23H28N10O2. The quantitative estimate of drug-likeness (QED) is 0.302. The number of rotatable bonds is 7. The Morgan fingerprint density at radius 3 is 2.91 bits per heavy atom. The van der Waals surface area contributed by atoms with E-state index in [-0.39, 0.29) is 18.5 Å². The second kappa shape index (κ2) is 9.39. The van der Waals surface area contributed by atoms with Gasteiger partial charge in [-0.3, -0.25) is 4.79 Å². The first kappa shape index (κ1) is 22.9. The Kier molecular flexibility index (Phi) is 6.14. The molecule has 4 aromatic rings. The number of anilines is 1. The van der Waals surface area contributed by atoms with Gasteiger partial charge in [0, 0.05) is 47.7 Å². The lowest BCUT2D eigenvalue weighted by Gasteiger charge is -2.27. The average Bonchev–Trinajstić information content (AvgIpc) is 3.46. The molecule has 0 saturated carbocycles. The Bertz CT molecular complexity index is 1360. The first-order valence-electron chi connectivity index (χ1n) is 11.6. The number of pyridine rings is 2. The summed E-state index contributed by atoms with van der Waals surface area (Å²) in [7, 11) is 0. The monoisotopic (exact) mass is 476 g/mol. The third-order valence-corrected chi connectivity index (χ3v) is 5.93. The molecule has 1 aliphatic rings. The number of β-amino-alcohol motifs (C(OH)–C–C–N with tert-alkyl or cyclic N) is 1. The van der Waals surface area contributed by atoms with Gasteiger partial charge >= 0.3 is 0 Å². The van der Waals surface area contributed by atoms with E-state index >= 15 is 0 Å². The number of hydrogen-bond acceptors (Lipinski definition) is 9. The van der Waals surface area contributed by atoms with E-state index in [2.05, 4.69) is 49.9 Å². The van der Waals surface area contributed by atoms with Crippen LogP contribution >= 0.6 is 0 Å². The third-order valence-electron chi connectivity index (χ3n) is 5.93. The molecular weight excluding hydrogens is 448 g/mol. The van der Waals surface area contributed by atoms with Crippen LogP contribution in [-0.4, -0.2) is 71.0 Å². The summed E-state index contributed by atoms with van der Waals surface area (Å²) in [6.45, 7) is 5.46. The molecule has 12 nitrogen and oxygen atoms in total. The van der Waals surface area contributed by atoms with Crippen molar-refractivity contribution < 1.29 is 9.90 Å².